The third kappa shape index (κ3) is 7.58. The second-order valence-electron chi connectivity index (χ2n) is 12.6. The number of fused-ring (bicyclic) bond motifs is 6. The first-order valence-electron chi connectivity index (χ1n) is 16.0. The smallest absolute Gasteiger partial charge is 0.246 e. The molecule has 1 unspecified atom stereocenters. The van der Waals surface area contributed by atoms with Crippen LogP contribution in [0.1, 0.15) is 62.8 Å². The van der Waals surface area contributed by atoms with Crippen molar-refractivity contribution in [3.8, 4) is 11.5 Å². The van der Waals surface area contributed by atoms with E-state index in [1.54, 1.807) is 23.9 Å². The Kier molecular flexibility index (Phi) is 10.8. The SMILES string of the molecule is CSCC[C@H](NC(=O)[C@H](CC(C)C)NC(=O)COC(C)C)C(=O)Nc1ccc2c(c1)Oc1cc(N)ccc1C21OCc2ccccc21. The monoisotopic (exact) mass is 660 g/mol. The molecule has 2 aliphatic heterocycles. The molecule has 2 heterocycles. The van der Waals surface area contributed by atoms with Gasteiger partial charge in [-0.3, -0.25) is 14.4 Å². The molecule has 0 radical (unpaired) electrons. The Morgan fingerprint density at radius 2 is 1.64 bits per heavy atom. The van der Waals surface area contributed by atoms with Crippen LogP contribution in [0, 0.1) is 5.92 Å². The van der Waals surface area contributed by atoms with Crippen LogP contribution < -0.4 is 26.4 Å². The van der Waals surface area contributed by atoms with Crippen molar-refractivity contribution in [2.45, 2.75) is 70.9 Å². The number of nitrogens with one attached hydrogen (secondary N) is 3. The third-order valence-corrected chi connectivity index (χ3v) is 8.87. The topological polar surface area (TPSA) is 141 Å². The highest BCUT2D eigenvalue weighted by Crippen LogP contribution is 2.56. The maximum absolute atomic E-state index is 13.7. The summed E-state index contributed by atoms with van der Waals surface area (Å²) in [5.41, 5.74) is 10.1. The lowest BCUT2D eigenvalue weighted by Gasteiger charge is -2.37. The summed E-state index contributed by atoms with van der Waals surface area (Å²) in [4.78, 5) is 39.7. The molecule has 5 N–H and O–H groups in total. The summed E-state index contributed by atoms with van der Waals surface area (Å²) in [5, 5.41) is 8.65. The Labute approximate surface area is 280 Å². The molecule has 3 atom stereocenters. The Hall–Kier alpha value is -4.06. The van der Waals surface area contributed by atoms with E-state index in [0.717, 1.165) is 22.3 Å². The third-order valence-electron chi connectivity index (χ3n) is 8.22. The molecule has 0 fully saturated rings. The largest absolute Gasteiger partial charge is 0.456 e. The van der Waals surface area contributed by atoms with Crippen molar-refractivity contribution in [3.05, 3.63) is 82.9 Å². The van der Waals surface area contributed by atoms with Crippen molar-refractivity contribution in [2.75, 3.05) is 29.7 Å². The molecule has 3 aromatic rings. The highest BCUT2D eigenvalue weighted by molar-refractivity contribution is 7.98. The van der Waals surface area contributed by atoms with Crippen LogP contribution >= 0.6 is 11.8 Å². The van der Waals surface area contributed by atoms with E-state index in [1.807, 2.05) is 70.3 Å². The van der Waals surface area contributed by atoms with Crippen molar-refractivity contribution in [3.63, 3.8) is 0 Å². The molecule has 10 nitrogen and oxygen atoms in total. The summed E-state index contributed by atoms with van der Waals surface area (Å²) in [6, 6.07) is 17.5. The standard InChI is InChI=1S/C36H44N4O6S/c1-21(2)16-30(39-33(41)20-44-22(3)4)35(43)40-29(14-15-47-5)34(42)38-25-11-13-28-32(18-25)46-31-17-24(37)10-12-27(31)36(28)26-9-7-6-8-23(26)19-45-36/h6-13,17-18,21-22,29-30H,14-16,19-20,37H2,1-5H3,(H,38,42)(H,39,41)(H,40,43)/t29-,30-,36?/m0/s1. The molecule has 1 spiro atoms. The first kappa shape index (κ1) is 34.3. The molecule has 0 saturated carbocycles. The number of carbonyl (C=O) groups excluding carboxylic acids is 3. The van der Waals surface area contributed by atoms with Crippen LogP contribution in [-0.4, -0.2) is 54.5 Å². The number of carbonyl (C=O) groups is 3. The highest BCUT2D eigenvalue weighted by atomic mass is 32.2. The van der Waals surface area contributed by atoms with Crippen molar-refractivity contribution in [2.24, 2.45) is 5.92 Å². The Bertz CT molecular complexity index is 1630. The average molecular weight is 661 g/mol. The first-order chi connectivity index (χ1) is 22.5. The zero-order valence-electron chi connectivity index (χ0n) is 27.6. The predicted molar refractivity (Wildman–Crippen MR) is 185 cm³/mol. The molecule has 0 saturated heterocycles. The molecule has 250 valence electrons. The van der Waals surface area contributed by atoms with E-state index in [-0.39, 0.29) is 30.4 Å². The average Bonchev–Trinajstić information content (AvgIpc) is 3.41. The van der Waals surface area contributed by atoms with Gasteiger partial charge in [0.2, 0.25) is 17.7 Å². The number of nitrogens with two attached hydrogens (primary N) is 1. The van der Waals surface area contributed by atoms with Gasteiger partial charge in [0.05, 0.1) is 12.7 Å². The van der Waals surface area contributed by atoms with Crippen LogP contribution in [0.5, 0.6) is 11.5 Å². The molecule has 0 aliphatic carbocycles. The van der Waals surface area contributed by atoms with Gasteiger partial charge in [-0.15, -0.1) is 0 Å². The molecule has 0 bridgehead atoms. The van der Waals surface area contributed by atoms with Crippen molar-refractivity contribution >= 4 is 40.9 Å². The van der Waals surface area contributed by atoms with Gasteiger partial charge in [-0.1, -0.05) is 38.1 Å². The predicted octanol–water partition coefficient (Wildman–Crippen LogP) is 5.33. The van der Waals surface area contributed by atoms with Gasteiger partial charge < -0.3 is 35.9 Å². The van der Waals surface area contributed by atoms with Gasteiger partial charge in [-0.25, -0.2) is 0 Å². The van der Waals surface area contributed by atoms with Crippen LogP contribution in [0.4, 0.5) is 11.4 Å². The number of amides is 3. The van der Waals surface area contributed by atoms with Gasteiger partial charge in [0.15, 0.2) is 5.60 Å². The fraction of sp³-hybridized carbons (Fsp3) is 0.417. The van der Waals surface area contributed by atoms with Gasteiger partial charge in [0.1, 0.15) is 30.2 Å². The summed E-state index contributed by atoms with van der Waals surface area (Å²) in [5.74, 6) is 0.722. The molecule has 2 aliphatic rings. The normalized spacial score (nSPS) is 17.3. The number of thioether (sulfide) groups is 1. The minimum absolute atomic E-state index is 0.119. The minimum atomic E-state index is -0.888. The van der Waals surface area contributed by atoms with Crippen molar-refractivity contribution in [1.29, 1.82) is 0 Å². The lowest BCUT2D eigenvalue weighted by molar-refractivity contribution is -0.133. The summed E-state index contributed by atoms with van der Waals surface area (Å²) >= 11 is 1.58. The van der Waals surface area contributed by atoms with E-state index >= 15 is 0 Å². The molecule has 11 heteroatoms. The van der Waals surface area contributed by atoms with Crippen LogP contribution in [0.3, 0.4) is 0 Å². The van der Waals surface area contributed by atoms with Gasteiger partial charge in [0.25, 0.3) is 0 Å². The molecular formula is C36H44N4O6S. The summed E-state index contributed by atoms with van der Waals surface area (Å²) < 4.78 is 18.4. The molecule has 3 aromatic carbocycles. The maximum Gasteiger partial charge on any atom is 0.246 e. The zero-order chi connectivity index (χ0) is 33.7. The van der Waals surface area contributed by atoms with Crippen molar-refractivity contribution < 1.29 is 28.6 Å². The fourth-order valence-electron chi connectivity index (χ4n) is 6.04. The van der Waals surface area contributed by atoms with Crippen LogP contribution in [0.15, 0.2) is 60.7 Å². The molecule has 5 rings (SSSR count). The molecular weight excluding hydrogens is 616 g/mol. The van der Waals surface area contributed by atoms with Gasteiger partial charge in [0, 0.05) is 34.6 Å². The number of hydrogen-bond acceptors (Lipinski definition) is 8. The number of ether oxygens (including phenoxy) is 3. The van der Waals surface area contributed by atoms with E-state index in [2.05, 4.69) is 28.1 Å². The van der Waals surface area contributed by atoms with Crippen LogP contribution in [0.25, 0.3) is 0 Å². The van der Waals surface area contributed by atoms with Gasteiger partial charge in [-0.2, -0.15) is 11.8 Å². The Morgan fingerprint density at radius 1 is 0.915 bits per heavy atom. The number of anilines is 2. The number of hydrogen-bond donors (Lipinski definition) is 4. The van der Waals surface area contributed by atoms with Crippen LogP contribution in [-0.2, 0) is 36.1 Å². The Balaban J connectivity index is 1.38. The number of nitrogen functional groups attached to an aromatic ring is 1. The lowest BCUT2D eigenvalue weighted by atomic mass is 9.77. The molecule has 3 amide bonds. The van der Waals surface area contributed by atoms with E-state index in [4.69, 9.17) is 19.9 Å². The molecule has 47 heavy (non-hydrogen) atoms. The van der Waals surface area contributed by atoms with E-state index < -0.39 is 23.6 Å². The van der Waals surface area contributed by atoms with E-state index in [1.165, 1.54) is 0 Å². The number of rotatable bonds is 13. The number of benzene rings is 3. The minimum Gasteiger partial charge on any atom is -0.456 e. The van der Waals surface area contributed by atoms with Gasteiger partial charge >= 0.3 is 0 Å². The van der Waals surface area contributed by atoms with Crippen molar-refractivity contribution in [1.82, 2.24) is 10.6 Å². The first-order valence-corrected chi connectivity index (χ1v) is 17.4. The quantitative estimate of drug-likeness (QED) is 0.181. The fourth-order valence-corrected chi connectivity index (χ4v) is 6.51. The van der Waals surface area contributed by atoms with Crippen LogP contribution in [0.2, 0.25) is 0 Å². The summed E-state index contributed by atoms with van der Waals surface area (Å²) in [7, 11) is 0. The second-order valence-corrected chi connectivity index (χ2v) is 13.6. The summed E-state index contributed by atoms with van der Waals surface area (Å²) in [6.07, 6.45) is 2.64. The van der Waals surface area contributed by atoms with E-state index in [0.29, 0.717) is 48.1 Å². The molecule has 0 aromatic heterocycles. The second kappa shape index (κ2) is 14.8. The zero-order valence-corrected chi connectivity index (χ0v) is 28.4. The maximum atomic E-state index is 13.7. The lowest BCUT2D eigenvalue weighted by Crippen LogP contribution is -2.53. The van der Waals surface area contributed by atoms with Gasteiger partial charge in [-0.05, 0) is 80.0 Å². The summed E-state index contributed by atoms with van der Waals surface area (Å²) in [6.45, 7) is 7.91. The highest BCUT2D eigenvalue weighted by Gasteiger charge is 2.49. The Morgan fingerprint density at radius 3 is 2.36 bits per heavy atom. The van der Waals surface area contributed by atoms with E-state index in [9.17, 15) is 14.4 Å².